The van der Waals surface area contributed by atoms with Crippen molar-refractivity contribution in [1.82, 2.24) is 24.0 Å². The van der Waals surface area contributed by atoms with E-state index < -0.39 is 17.2 Å². The molecule has 2 aromatic heterocycles. The van der Waals surface area contributed by atoms with Crippen LogP contribution in [0.2, 0.25) is 0 Å². The average molecular weight is 321 g/mol. The van der Waals surface area contributed by atoms with Gasteiger partial charge in [0.25, 0.3) is 5.56 Å². The summed E-state index contributed by atoms with van der Waals surface area (Å²) in [5.74, 6) is -0.0878. The van der Waals surface area contributed by atoms with Gasteiger partial charge in [0.1, 0.15) is 6.54 Å². The quantitative estimate of drug-likeness (QED) is 0.636. The van der Waals surface area contributed by atoms with Crippen LogP contribution in [0.15, 0.2) is 9.59 Å². The third-order valence-electron chi connectivity index (χ3n) is 4.04. The SMILES string of the molecule is Cn1c(=O)c2c(nc(N3CCNCC3)n2CC(N)=O)n(C)c1=O. The number of aryl methyl sites for hydroxylation is 1. The molecule has 0 aliphatic carbocycles. The van der Waals surface area contributed by atoms with Gasteiger partial charge in [-0.3, -0.25) is 23.3 Å². The van der Waals surface area contributed by atoms with Crippen LogP contribution in [0.5, 0.6) is 0 Å². The van der Waals surface area contributed by atoms with Crippen molar-refractivity contribution in [2.75, 3.05) is 31.1 Å². The highest BCUT2D eigenvalue weighted by molar-refractivity contribution is 5.80. The van der Waals surface area contributed by atoms with Gasteiger partial charge in [-0.2, -0.15) is 4.98 Å². The standard InChI is InChI=1S/C13H19N7O3/c1-17-10-9(11(22)18(2)13(17)23)20(7-8(14)21)12(16-10)19-5-3-15-4-6-19/h15H,3-7H2,1-2H3,(H2,14,21). The van der Waals surface area contributed by atoms with E-state index in [1.54, 1.807) is 7.05 Å². The van der Waals surface area contributed by atoms with Crippen molar-refractivity contribution < 1.29 is 4.79 Å². The van der Waals surface area contributed by atoms with Crippen molar-refractivity contribution >= 4 is 23.0 Å². The fraction of sp³-hybridized carbons (Fsp3) is 0.538. The highest BCUT2D eigenvalue weighted by Gasteiger charge is 2.24. The third-order valence-corrected chi connectivity index (χ3v) is 4.04. The molecule has 23 heavy (non-hydrogen) atoms. The van der Waals surface area contributed by atoms with E-state index in [0.29, 0.717) is 19.0 Å². The van der Waals surface area contributed by atoms with Gasteiger partial charge >= 0.3 is 5.69 Å². The number of nitrogens with two attached hydrogens (primary N) is 1. The molecule has 124 valence electrons. The number of hydrogen-bond acceptors (Lipinski definition) is 6. The Morgan fingerprint density at radius 2 is 1.87 bits per heavy atom. The summed E-state index contributed by atoms with van der Waals surface area (Å²) in [6.07, 6.45) is 0. The molecule has 0 saturated carbocycles. The first-order valence-corrected chi connectivity index (χ1v) is 7.32. The second kappa shape index (κ2) is 5.54. The number of amides is 1. The predicted octanol–water partition coefficient (Wildman–Crippen LogP) is -2.67. The topological polar surface area (TPSA) is 120 Å². The Bertz CT molecular complexity index is 886. The number of imidazole rings is 1. The number of hydrogen-bond donors (Lipinski definition) is 2. The number of fused-ring (bicyclic) bond motifs is 1. The zero-order valence-corrected chi connectivity index (χ0v) is 13.1. The second-order valence-corrected chi connectivity index (χ2v) is 5.58. The van der Waals surface area contributed by atoms with Crippen molar-refractivity contribution in [1.29, 1.82) is 0 Å². The third kappa shape index (κ3) is 2.40. The van der Waals surface area contributed by atoms with Gasteiger partial charge in [0.05, 0.1) is 0 Å². The Balaban J connectivity index is 2.33. The van der Waals surface area contributed by atoms with Gasteiger partial charge in [-0.15, -0.1) is 0 Å². The number of piperazine rings is 1. The van der Waals surface area contributed by atoms with Gasteiger partial charge in [0, 0.05) is 40.3 Å². The maximum absolute atomic E-state index is 12.5. The van der Waals surface area contributed by atoms with Crippen molar-refractivity contribution in [2.24, 2.45) is 19.8 Å². The first-order valence-electron chi connectivity index (χ1n) is 7.32. The largest absolute Gasteiger partial charge is 0.368 e. The van der Waals surface area contributed by atoms with Crippen molar-refractivity contribution in [3.05, 3.63) is 20.8 Å². The smallest absolute Gasteiger partial charge is 0.332 e. The maximum atomic E-state index is 12.5. The van der Waals surface area contributed by atoms with Crippen molar-refractivity contribution in [3.63, 3.8) is 0 Å². The van der Waals surface area contributed by atoms with Crippen LogP contribution in [0.4, 0.5) is 5.95 Å². The zero-order chi connectivity index (χ0) is 16.7. The number of carbonyl (C=O) groups is 1. The van der Waals surface area contributed by atoms with Gasteiger partial charge in [0.2, 0.25) is 11.9 Å². The molecule has 0 radical (unpaired) electrons. The number of nitrogens with one attached hydrogen (secondary N) is 1. The molecule has 10 heteroatoms. The number of nitrogens with zero attached hydrogens (tertiary/aromatic N) is 5. The number of rotatable bonds is 3. The molecule has 1 fully saturated rings. The molecule has 2 aromatic rings. The average Bonchev–Trinajstić information content (AvgIpc) is 2.90. The van der Waals surface area contributed by atoms with E-state index in [1.165, 1.54) is 16.2 Å². The van der Waals surface area contributed by atoms with E-state index in [9.17, 15) is 14.4 Å². The van der Waals surface area contributed by atoms with Crippen LogP contribution >= 0.6 is 0 Å². The molecule has 0 spiro atoms. The molecule has 10 nitrogen and oxygen atoms in total. The normalized spacial score (nSPS) is 15.3. The Hall–Kier alpha value is -2.62. The van der Waals surface area contributed by atoms with Gasteiger partial charge in [-0.1, -0.05) is 0 Å². The molecule has 3 heterocycles. The lowest BCUT2D eigenvalue weighted by Crippen LogP contribution is -2.45. The molecule has 0 bridgehead atoms. The lowest BCUT2D eigenvalue weighted by molar-refractivity contribution is -0.118. The summed E-state index contributed by atoms with van der Waals surface area (Å²) in [5.41, 5.74) is 4.85. The van der Waals surface area contributed by atoms with Crippen LogP contribution in [0, 0.1) is 0 Å². The minimum absolute atomic E-state index is 0.163. The van der Waals surface area contributed by atoms with E-state index >= 15 is 0 Å². The van der Waals surface area contributed by atoms with Crippen LogP contribution in [-0.2, 0) is 25.4 Å². The van der Waals surface area contributed by atoms with Crippen LogP contribution in [0.1, 0.15) is 0 Å². The van der Waals surface area contributed by atoms with Crippen LogP contribution in [-0.4, -0.2) is 50.8 Å². The highest BCUT2D eigenvalue weighted by Crippen LogP contribution is 2.19. The van der Waals surface area contributed by atoms with E-state index in [-0.39, 0.29) is 17.7 Å². The molecule has 0 aromatic carbocycles. The number of aromatic nitrogens is 4. The van der Waals surface area contributed by atoms with E-state index in [2.05, 4.69) is 10.3 Å². The summed E-state index contributed by atoms with van der Waals surface area (Å²) in [7, 11) is 2.95. The zero-order valence-electron chi connectivity index (χ0n) is 13.1. The lowest BCUT2D eigenvalue weighted by atomic mass is 10.4. The van der Waals surface area contributed by atoms with E-state index in [1.807, 2.05) is 4.90 Å². The molecule has 0 unspecified atom stereocenters. The summed E-state index contributed by atoms with van der Waals surface area (Å²) in [6.45, 7) is 2.77. The summed E-state index contributed by atoms with van der Waals surface area (Å²) in [6, 6.07) is 0. The number of primary amides is 1. The lowest BCUT2D eigenvalue weighted by Gasteiger charge is -2.28. The molecule has 1 saturated heterocycles. The van der Waals surface area contributed by atoms with E-state index in [0.717, 1.165) is 17.7 Å². The summed E-state index contributed by atoms with van der Waals surface area (Å²) in [5, 5.41) is 3.23. The molecular weight excluding hydrogens is 302 g/mol. The number of anilines is 1. The monoisotopic (exact) mass is 321 g/mol. The second-order valence-electron chi connectivity index (χ2n) is 5.58. The van der Waals surface area contributed by atoms with Crippen molar-refractivity contribution in [3.8, 4) is 0 Å². The van der Waals surface area contributed by atoms with Crippen LogP contribution < -0.4 is 27.2 Å². The molecule has 1 aliphatic heterocycles. The Morgan fingerprint density at radius 1 is 1.22 bits per heavy atom. The molecule has 1 amide bonds. The Labute approximate surface area is 131 Å². The predicted molar refractivity (Wildman–Crippen MR) is 84.5 cm³/mol. The van der Waals surface area contributed by atoms with Crippen molar-refractivity contribution in [2.45, 2.75) is 6.54 Å². The fourth-order valence-corrected chi connectivity index (χ4v) is 2.85. The highest BCUT2D eigenvalue weighted by atomic mass is 16.2. The summed E-state index contributed by atoms with van der Waals surface area (Å²) < 4.78 is 3.81. The van der Waals surface area contributed by atoms with E-state index in [4.69, 9.17) is 5.73 Å². The molecular formula is C13H19N7O3. The molecule has 3 N–H and O–H groups in total. The van der Waals surface area contributed by atoms with Gasteiger partial charge < -0.3 is 16.0 Å². The number of carbonyl (C=O) groups excluding carboxylic acids is 1. The summed E-state index contributed by atoms with van der Waals surface area (Å²) >= 11 is 0. The minimum atomic E-state index is -0.573. The summed E-state index contributed by atoms with van der Waals surface area (Å²) in [4.78, 5) is 42.5. The van der Waals surface area contributed by atoms with Gasteiger partial charge in [-0.25, -0.2) is 4.79 Å². The molecule has 3 rings (SSSR count). The first kappa shape index (κ1) is 15.3. The Morgan fingerprint density at radius 3 is 2.48 bits per heavy atom. The van der Waals surface area contributed by atoms with Crippen LogP contribution in [0.25, 0.3) is 11.2 Å². The first-order chi connectivity index (χ1) is 10.9. The molecule has 0 atom stereocenters. The maximum Gasteiger partial charge on any atom is 0.332 e. The van der Waals surface area contributed by atoms with Gasteiger partial charge in [-0.05, 0) is 0 Å². The minimum Gasteiger partial charge on any atom is -0.368 e. The fourth-order valence-electron chi connectivity index (χ4n) is 2.85. The Kier molecular flexibility index (Phi) is 3.68. The van der Waals surface area contributed by atoms with Crippen LogP contribution in [0.3, 0.4) is 0 Å². The van der Waals surface area contributed by atoms with Gasteiger partial charge in [0.15, 0.2) is 11.2 Å². The molecule has 1 aliphatic rings.